The maximum atomic E-state index is 12.8. The van der Waals surface area contributed by atoms with Gasteiger partial charge in [-0.25, -0.2) is 4.79 Å². The van der Waals surface area contributed by atoms with Gasteiger partial charge in [0.05, 0.1) is 13.2 Å². The van der Waals surface area contributed by atoms with Crippen LogP contribution in [-0.4, -0.2) is 73.2 Å². The summed E-state index contributed by atoms with van der Waals surface area (Å²) in [7, 11) is 0. The highest BCUT2D eigenvalue weighted by Gasteiger charge is 2.42. The molecule has 1 aromatic rings. The van der Waals surface area contributed by atoms with Crippen LogP contribution in [0.25, 0.3) is 0 Å². The lowest BCUT2D eigenvalue weighted by Crippen LogP contribution is -2.48. The van der Waals surface area contributed by atoms with E-state index in [-0.39, 0.29) is 11.4 Å². The smallest absolute Gasteiger partial charge is 0.320 e. The number of rotatable bonds is 2. The fourth-order valence-corrected chi connectivity index (χ4v) is 5.04. The largest absolute Gasteiger partial charge is 0.379 e. The van der Waals surface area contributed by atoms with Crippen molar-refractivity contribution in [3.8, 4) is 0 Å². The molecule has 0 saturated carbocycles. The molecule has 4 heterocycles. The van der Waals surface area contributed by atoms with Crippen molar-refractivity contribution in [2.45, 2.75) is 25.8 Å². The number of urea groups is 1. The van der Waals surface area contributed by atoms with Crippen LogP contribution >= 0.6 is 11.3 Å². The minimum Gasteiger partial charge on any atom is -0.379 e. The van der Waals surface area contributed by atoms with E-state index in [0.717, 1.165) is 71.7 Å². The molecule has 6 heteroatoms. The normalized spacial score (nSPS) is 28.7. The number of carbonyl (C=O) groups is 1. The van der Waals surface area contributed by atoms with Crippen LogP contribution in [0.15, 0.2) is 17.5 Å². The van der Waals surface area contributed by atoms with Crippen LogP contribution < -0.4 is 0 Å². The lowest BCUT2D eigenvalue weighted by Gasteiger charge is -2.34. The van der Waals surface area contributed by atoms with Gasteiger partial charge in [-0.15, -0.1) is 11.3 Å². The highest BCUT2D eigenvalue weighted by Crippen LogP contribution is 2.35. The van der Waals surface area contributed by atoms with Gasteiger partial charge in [-0.2, -0.15) is 0 Å². The number of nitrogens with zero attached hydrogens (tertiary/aromatic N) is 3. The van der Waals surface area contributed by atoms with E-state index in [1.165, 1.54) is 4.88 Å². The number of likely N-dealkylation sites (tertiary alicyclic amines) is 2. The predicted molar refractivity (Wildman–Crippen MR) is 95.2 cm³/mol. The zero-order valence-electron chi connectivity index (χ0n) is 14.3. The third-order valence-corrected chi connectivity index (χ3v) is 6.43. The standard InChI is InChI=1S/C18H27N3O2S/c22-17(20-6-1-2-7-20)21-9-10-23-15-18(14-21)5-8-19(13-18)12-16-4-3-11-24-16/h3-4,11H,1-2,5-10,12-15H2/t18-/m0/s1. The second kappa shape index (κ2) is 7.02. The molecule has 3 aliphatic rings. The first-order valence-electron chi connectivity index (χ1n) is 9.11. The van der Waals surface area contributed by atoms with Crippen molar-refractivity contribution in [2.75, 3.05) is 52.5 Å². The third-order valence-electron chi connectivity index (χ3n) is 5.56. The molecule has 4 rings (SSSR count). The molecule has 24 heavy (non-hydrogen) atoms. The molecule has 1 spiro atoms. The SMILES string of the molecule is O=C(N1CCCC1)N1CCOC[C@]2(CCN(Cc3cccs3)C2)C1. The van der Waals surface area contributed by atoms with E-state index in [9.17, 15) is 4.79 Å². The van der Waals surface area contributed by atoms with Crippen molar-refractivity contribution in [2.24, 2.45) is 5.41 Å². The van der Waals surface area contributed by atoms with E-state index >= 15 is 0 Å². The minimum absolute atomic E-state index is 0.114. The van der Waals surface area contributed by atoms with Gasteiger partial charge in [-0.3, -0.25) is 4.90 Å². The second-order valence-electron chi connectivity index (χ2n) is 7.49. The maximum absolute atomic E-state index is 12.8. The van der Waals surface area contributed by atoms with Gasteiger partial charge in [0.1, 0.15) is 0 Å². The van der Waals surface area contributed by atoms with E-state index in [1.54, 1.807) is 0 Å². The van der Waals surface area contributed by atoms with E-state index < -0.39 is 0 Å². The molecule has 1 aromatic heterocycles. The van der Waals surface area contributed by atoms with E-state index in [1.807, 2.05) is 16.2 Å². The molecular formula is C18H27N3O2S. The molecule has 2 amide bonds. The number of hydrogen-bond donors (Lipinski definition) is 0. The van der Waals surface area contributed by atoms with Gasteiger partial charge >= 0.3 is 6.03 Å². The fraction of sp³-hybridized carbons (Fsp3) is 0.722. The summed E-state index contributed by atoms with van der Waals surface area (Å²) in [6.45, 7) is 8.07. The molecule has 3 fully saturated rings. The van der Waals surface area contributed by atoms with Crippen LogP contribution in [0.2, 0.25) is 0 Å². The van der Waals surface area contributed by atoms with E-state index in [4.69, 9.17) is 4.74 Å². The number of carbonyl (C=O) groups excluding carboxylic acids is 1. The third kappa shape index (κ3) is 3.46. The summed E-state index contributed by atoms with van der Waals surface area (Å²) in [5.41, 5.74) is 0.114. The monoisotopic (exact) mass is 349 g/mol. The zero-order valence-corrected chi connectivity index (χ0v) is 15.1. The minimum atomic E-state index is 0.114. The second-order valence-corrected chi connectivity index (χ2v) is 8.52. The lowest BCUT2D eigenvalue weighted by molar-refractivity contribution is 0.0711. The summed E-state index contributed by atoms with van der Waals surface area (Å²) in [6.07, 6.45) is 3.42. The Morgan fingerprint density at radius 2 is 2.04 bits per heavy atom. The highest BCUT2D eigenvalue weighted by atomic mass is 32.1. The van der Waals surface area contributed by atoms with Crippen molar-refractivity contribution in [3.63, 3.8) is 0 Å². The Morgan fingerprint density at radius 3 is 2.83 bits per heavy atom. The van der Waals surface area contributed by atoms with Crippen LogP contribution in [0.4, 0.5) is 4.79 Å². The van der Waals surface area contributed by atoms with Crippen molar-refractivity contribution in [1.29, 1.82) is 0 Å². The number of amides is 2. The van der Waals surface area contributed by atoms with Crippen LogP contribution in [-0.2, 0) is 11.3 Å². The van der Waals surface area contributed by atoms with Gasteiger partial charge in [0.15, 0.2) is 0 Å². The summed E-state index contributed by atoms with van der Waals surface area (Å²) < 4.78 is 5.92. The van der Waals surface area contributed by atoms with Crippen LogP contribution in [0.1, 0.15) is 24.1 Å². The lowest BCUT2D eigenvalue weighted by atomic mass is 9.87. The van der Waals surface area contributed by atoms with Gasteiger partial charge < -0.3 is 14.5 Å². The first-order valence-corrected chi connectivity index (χ1v) is 9.98. The van der Waals surface area contributed by atoms with Crippen molar-refractivity contribution >= 4 is 17.4 Å². The summed E-state index contributed by atoms with van der Waals surface area (Å²) in [6, 6.07) is 4.56. The van der Waals surface area contributed by atoms with E-state index in [0.29, 0.717) is 6.61 Å². The molecule has 5 nitrogen and oxygen atoms in total. The Morgan fingerprint density at radius 1 is 1.17 bits per heavy atom. The van der Waals surface area contributed by atoms with Gasteiger partial charge in [0.25, 0.3) is 0 Å². The summed E-state index contributed by atoms with van der Waals surface area (Å²) in [5, 5.41) is 2.15. The fourth-order valence-electron chi connectivity index (χ4n) is 4.30. The van der Waals surface area contributed by atoms with Gasteiger partial charge in [0.2, 0.25) is 0 Å². The van der Waals surface area contributed by atoms with Gasteiger partial charge in [0, 0.05) is 49.6 Å². The van der Waals surface area contributed by atoms with E-state index in [2.05, 4.69) is 27.3 Å². The first kappa shape index (κ1) is 16.4. The summed E-state index contributed by atoms with van der Waals surface area (Å²) in [5.74, 6) is 0. The van der Waals surface area contributed by atoms with Crippen LogP contribution in [0.5, 0.6) is 0 Å². The Labute approximate surface area is 148 Å². The molecule has 0 bridgehead atoms. The molecule has 132 valence electrons. The van der Waals surface area contributed by atoms with Gasteiger partial charge in [-0.05, 0) is 37.3 Å². The van der Waals surface area contributed by atoms with Crippen molar-refractivity contribution in [3.05, 3.63) is 22.4 Å². The average Bonchev–Trinajstić information content (AvgIpc) is 3.30. The Kier molecular flexibility index (Phi) is 4.79. The topological polar surface area (TPSA) is 36.0 Å². The summed E-state index contributed by atoms with van der Waals surface area (Å²) in [4.78, 5) is 20.9. The van der Waals surface area contributed by atoms with Crippen LogP contribution in [0.3, 0.4) is 0 Å². The van der Waals surface area contributed by atoms with Crippen molar-refractivity contribution < 1.29 is 9.53 Å². The quantitative estimate of drug-likeness (QED) is 0.823. The van der Waals surface area contributed by atoms with Crippen molar-refractivity contribution in [1.82, 2.24) is 14.7 Å². The Hall–Kier alpha value is -1.11. The Balaban J connectivity index is 1.41. The summed E-state index contributed by atoms with van der Waals surface area (Å²) >= 11 is 1.83. The maximum Gasteiger partial charge on any atom is 0.320 e. The number of ether oxygens (including phenoxy) is 1. The highest BCUT2D eigenvalue weighted by molar-refractivity contribution is 7.09. The molecule has 0 aliphatic carbocycles. The number of thiophene rings is 1. The molecule has 0 aromatic carbocycles. The first-order chi connectivity index (χ1) is 11.7. The predicted octanol–water partition coefficient (Wildman–Crippen LogP) is 2.49. The average molecular weight is 350 g/mol. The Bertz CT molecular complexity index is 559. The molecule has 3 aliphatic heterocycles. The molecule has 0 unspecified atom stereocenters. The van der Waals surface area contributed by atoms with Crippen LogP contribution in [0, 0.1) is 5.41 Å². The molecular weight excluding hydrogens is 322 g/mol. The molecule has 0 radical (unpaired) electrons. The molecule has 1 atom stereocenters. The zero-order chi connectivity index (χ0) is 16.4. The van der Waals surface area contributed by atoms with Gasteiger partial charge in [-0.1, -0.05) is 6.07 Å². The number of hydrogen-bond acceptors (Lipinski definition) is 4. The molecule has 3 saturated heterocycles. The molecule has 0 N–H and O–H groups in total.